The van der Waals surface area contributed by atoms with Crippen molar-refractivity contribution in [3.63, 3.8) is 0 Å². The van der Waals surface area contributed by atoms with Gasteiger partial charge in [0.15, 0.2) is 0 Å². The monoisotopic (exact) mass is 380 g/mol. The van der Waals surface area contributed by atoms with E-state index >= 15 is 0 Å². The number of halogens is 3. The van der Waals surface area contributed by atoms with E-state index < -0.39 is 52.7 Å². The molecule has 0 aliphatic carbocycles. The number of alkyl halides is 3. The van der Waals surface area contributed by atoms with Gasteiger partial charge in [0.1, 0.15) is 0 Å². The number of fused-ring (bicyclic) bond motifs is 1. The Hall–Kier alpha value is -2.40. The Morgan fingerprint density at radius 1 is 1.30 bits per heavy atom. The highest BCUT2D eigenvalue weighted by atomic mass is 19.4. The summed E-state index contributed by atoms with van der Waals surface area (Å²) in [7, 11) is 0. The highest BCUT2D eigenvalue weighted by Crippen LogP contribution is 2.50. The average Bonchev–Trinajstić information content (AvgIpc) is 3.00. The molecule has 4 atom stereocenters. The maximum atomic E-state index is 13.3. The van der Waals surface area contributed by atoms with Gasteiger partial charge in [-0.25, -0.2) is 4.90 Å². The van der Waals surface area contributed by atoms with E-state index in [1.165, 1.54) is 12.1 Å². The van der Waals surface area contributed by atoms with Crippen LogP contribution >= 0.6 is 0 Å². The summed E-state index contributed by atoms with van der Waals surface area (Å²) >= 11 is 0. The van der Waals surface area contributed by atoms with Crippen molar-refractivity contribution in [2.24, 2.45) is 11.8 Å². The summed E-state index contributed by atoms with van der Waals surface area (Å²) < 4.78 is 45.7. The third-order valence-electron chi connectivity index (χ3n) is 5.40. The third kappa shape index (κ3) is 2.90. The van der Waals surface area contributed by atoms with Crippen LogP contribution in [-0.4, -0.2) is 23.5 Å². The summed E-state index contributed by atoms with van der Waals surface area (Å²) in [4.78, 5) is 26.7. The van der Waals surface area contributed by atoms with E-state index in [0.29, 0.717) is 12.5 Å². The van der Waals surface area contributed by atoms with Crippen molar-refractivity contribution < 1.29 is 27.5 Å². The molecule has 0 bridgehead atoms. The fraction of sp³-hybridized carbons (Fsp3) is 0.526. The van der Waals surface area contributed by atoms with Crippen LogP contribution in [0.2, 0.25) is 0 Å². The zero-order chi connectivity index (χ0) is 20.1. The molecule has 0 spiro atoms. The molecule has 0 N–H and O–H groups in total. The highest BCUT2D eigenvalue weighted by Gasteiger charge is 2.63. The van der Waals surface area contributed by atoms with Crippen LogP contribution in [0.4, 0.5) is 18.9 Å². The lowest BCUT2D eigenvalue weighted by Gasteiger charge is -2.29. The quantitative estimate of drug-likeness (QED) is 0.751. The standard InChI is InChI=1S/C19H19F3N2O3/c1-4-7-18(3)15-14(10(2)27-18)16(25)24(17(15)26)12-6-5-11(9-23)13(8-12)19(20,21)22/h5-6,8,10,14-15H,4,7H2,1-3H3/t10-,14?,15?,18?/m1/s1. The molecular weight excluding hydrogens is 361 g/mol. The van der Waals surface area contributed by atoms with Gasteiger partial charge in [0.25, 0.3) is 0 Å². The second kappa shape index (κ2) is 6.34. The maximum absolute atomic E-state index is 13.3. The number of ether oxygens (including phenoxy) is 1. The Morgan fingerprint density at radius 2 is 1.96 bits per heavy atom. The number of nitrogens with zero attached hydrogens (tertiary/aromatic N) is 2. The summed E-state index contributed by atoms with van der Waals surface area (Å²) in [6, 6.07) is 4.37. The Kier molecular flexibility index (Phi) is 4.55. The summed E-state index contributed by atoms with van der Waals surface area (Å²) in [5, 5.41) is 8.92. The zero-order valence-electron chi connectivity index (χ0n) is 15.1. The lowest BCUT2D eigenvalue weighted by molar-refractivity contribution is -0.138. The van der Waals surface area contributed by atoms with Crippen molar-refractivity contribution in [1.82, 2.24) is 0 Å². The number of imide groups is 1. The largest absolute Gasteiger partial charge is 0.417 e. The molecule has 3 rings (SSSR count). The molecule has 2 saturated heterocycles. The molecule has 2 fully saturated rings. The van der Waals surface area contributed by atoms with Gasteiger partial charge in [-0.15, -0.1) is 0 Å². The number of hydrogen-bond donors (Lipinski definition) is 0. The van der Waals surface area contributed by atoms with Crippen molar-refractivity contribution in [3.05, 3.63) is 29.3 Å². The van der Waals surface area contributed by atoms with Crippen molar-refractivity contribution in [1.29, 1.82) is 5.26 Å². The van der Waals surface area contributed by atoms with Gasteiger partial charge in [-0.3, -0.25) is 9.59 Å². The van der Waals surface area contributed by atoms with Crippen LogP contribution in [0.3, 0.4) is 0 Å². The van der Waals surface area contributed by atoms with E-state index in [0.717, 1.165) is 17.4 Å². The predicted molar refractivity (Wildman–Crippen MR) is 89.5 cm³/mol. The van der Waals surface area contributed by atoms with E-state index in [4.69, 9.17) is 10.00 Å². The topological polar surface area (TPSA) is 70.4 Å². The number of anilines is 1. The normalized spacial score (nSPS) is 30.6. The number of nitriles is 1. The lowest BCUT2D eigenvalue weighted by atomic mass is 9.80. The van der Waals surface area contributed by atoms with Crippen molar-refractivity contribution in [2.75, 3.05) is 4.90 Å². The molecule has 144 valence electrons. The van der Waals surface area contributed by atoms with Crippen LogP contribution in [0, 0.1) is 23.2 Å². The minimum absolute atomic E-state index is 0.170. The maximum Gasteiger partial charge on any atom is 0.417 e. The molecule has 1 aromatic carbocycles. The third-order valence-corrected chi connectivity index (χ3v) is 5.40. The van der Waals surface area contributed by atoms with Crippen LogP contribution in [0.25, 0.3) is 0 Å². The first-order chi connectivity index (χ1) is 12.5. The molecule has 0 radical (unpaired) electrons. The summed E-state index contributed by atoms with van der Waals surface area (Å²) in [6.07, 6.45) is -3.97. The Bertz CT molecular complexity index is 846. The number of rotatable bonds is 3. The Morgan fingerprint density at radius 3 is 2.52 bits per heavy atom. The van der Waals surface area contributed by atoms with Crippen molar-refractivity contribution >= 4 is 17.5 Å². The summed E-state index contributed by atoms with van der Waals surface area (Å²) in [5.74, 6) is -2.57. The zero-order valence-corrected chi connectivity index (χ0v) is 15.1. The molecule has 27 heavy (non-hydrogen) atoms. The molecule has 2 aliphatic rings. The van der Waals surface area contributed by atoms with Gasteiger partial charge in [-0.2, -0.15) is 18.4 Å². The number of carbonyl (C=O) groups is 2. The van der Waals surface area contributed by atoms with Crippen LogP contribution in [0.5, 0.6) is 0 Å². The molecule has 0 saturated carbocycles. The first kappa shape index (κ1) is 19.4. The smallest absolute Gasteiger partial charge is 0.371 e. The SMILES string of the molecule is CCCC1(C)O[C@H](C)C2C(=O)N(c3ccc(C#N)c(C(F)(F)F)c3)C(=O)C21. The second-order valence-electron chi connectivity index (χ2n) is 7.24. The molecule has 2 amide bonds. The molecule has 2 heterocycles. The van der Waals surface area contributed by atoms with Gasteiger partial charge >= 0.3 is 6.18 Å². The molecule has 1 aromatic rings. The van der Waals surface area contributed by atoms with E-state index in [9.17, 15) is 22.8 Å². The number of hydrogen-bond acceptors (Lipinski definition) is 4. The van der Waals surface area contributed by atoms with Crippen molar-refractivity contribution in [3.8, 4) is 6.07 Å². The molecule has 0 aromatic heterocycles. The van der Waals surface area contributed by atoms with Crippen molar-refractivity contribution in [2.45, 2.75) is 51.5 Å². The van der Waals surface area contributed by atoms with Crippen LogP contribution in [-0.2, 0) is 20.5 Å². The Balaban J connectivity index is 2.06. The highest BCUT2D eigenvalue weighted by molar-refractivity contribution is 6.23. The van der Waals surface area contributed by atoms with Gasteiger partial charge in [-0.05, 0) is 38.5 Å². The molecule has 2 aliphatic heterocycles. The van der Waals surface area contributed by atoms with Gasteiger partial charge in [-0.1, -0.05) is 13.3 Å². The molecule has 5 nitrogen and oxygen atoms in total. The van der Waals surface area contributed by atoms with Gasteiger partial charge in [0.2, 0.25) is 11.8 Å². The first-order valence-corrected chi connectivity index (χ1v) is 8.72. The van der Waals surface area contributed by atoms with E-state index in [1.54, 1.807) is 13.8 Å². The van der Waals surface area contributed by atoms with Crippen LogP contribution in [0.1, 0.15) is 44.7 Å². The summed E-state index contributed by atoms with van der Waals surface area (Å²) in [5.41, 5.74) is -2.73. The first-order valence-electron chi connectivity index (χ1n) is 8.72. The fourth-order valence-electron chi connectivity index (χ4n) is 4.35. The minimum atomic E-state index is -4.77. The Labute approximate surface area is 154 Å². The van der Waals surface area contributed by atoms with Crippen LogP contribution in [0.15, 0.2) is 18.2 Å². The van der Waals surface area contributed by atoms with Gasteiger partial charge in [0, 0.05) is 0 Å². The summed E-state index contributed by atoms with van der Waals surface area (Å²) in [6.45, 7) is 5.40. The predicted octanol–water partition coefficient (Wildman–Crippen LogP) is 3.66. The molecular formula is C19H19F3N2O3. The number of carbonyl (C=O) groups excluding carboxylic acids is 2. The van der Waals surface area contributed by atoms with E-state index in [-0.39, 0.29) is 5.69 Å². The average molecular weight is 380 g/mol. The second-order valence-corrected chi connectivity index (χ2v) is 7.24. The molecule has 8 heteroatoms. The minimum Gasteiger partial charge on any atom is -0.371 e. The van der Waals surface area contributed by atoms with Crippen LogP contribution < -0.4 is 4.90 Å². The van der Waals surface area contributed by atoms with Gasteiger partial charge in [0.05, 0.1) is 46.4 Å². The lowest BCUT2D eigenvalue weighted by Crippen LogP contribution is -2.41. The van der Waals surface area contributed by atoms with Gasteiger partial charge < -0.3 is 4.74 Å². The fourth-order valence-corrected chi connectivity index (χ4v) is 4.35. The molecule has 3 unspecified atom stereocenters. The number of benzene rings is 1. The van der Waals surface area contributed by atoms with E-state index in [2.05, 4.69) is 0 Å². The van der Waals surface area contributed by atoms with E-state index in [1.807, 2.05) is 6.92 Å². The number of amides is 2.